The van der Waals surface area contributed by atoms with Crippen LogP contribution >= 0.6 is 11.8 Å². The second kappa shape index (κ2) is 13.7. The predicted octanol–water partition coefficient (Wildman–Crippen LogP) is 2.65. The highest BCUT2D eigenvalue weighted by Gasteiger charge is 2.17. The fourth-order valence-electron chi connectivity index (χ4n) is 2.27. The van der Waals surface area contributed by atoms with Crippen molar-refractivity contribution in [3.8, 4) is 11.3 Å². The lowest BCUT2D eigenvalue weighted by Crippen LogP contribution is -2.17. The molecule has 28 heavy (non-hydrogen) atoms. The number of carbonyl (C=O) groups excluding carboxylic acids is 1. The lowest BCUT2D eigenvalue weighted by molar-refractivity contribution is -0.104. The molecular formula is C20H29N5O2S. The molecule has 0 unspecified atom stereocenters. The van der Waals surface area contributed by atoms with Crippen LogP contribution in [0.15, 0.2) is 41.4 Å². The van der Waals surface area contributed by atoms with Crippen LogP contribution < -0.4 is 16.4 Å². The molecule has 7 nitrogen and oxygen atoms in total. The number of benzene rings is 1. The van der Waals surface area contributed by atoms with E-state index in [0.717, 1.165) is 30.3 Å². The van der Waals surface area contributed by atoms with Crippen molar-refractivity contribution >= 4 is 29.7 Å². The number of anilines is 1. The summed E-state index contributed by atoms with van der Waals surface area (Å²) in [5.41, 5.74) is 8.69. The number of rotatable bonds is 9. The van der Waals surface area contributed by atoms with Gasteiger partial charge in [0.1, 0.15) is 11.3 Å². The van der Waals surface area contributed by atoms with Crippen LogP contribution in [0, 0.1) is 0 Å². The number of methoxy groups -OCH3 is 1. The molecule has 0 amide bonds. The van der Waals surface area contributed by atoms with E-state index in [2.05, 4.69) is 27.5 Å². The summed E-state index contributed by atoms with van der Waals surface area (Å²) in [7, 11) is 3.47. The lowest BCUT2D eigenvalue weighted by Gasteiger charge is -2.14. The van der Waals surface area contributed by atoms with Crippen molar-refractivity contribution in [3.63, 3.8) is 0 Å². The van der Waals surface area contributed by atoms with Crippen molar-refractivity contribution in [2.45, 2.75) is 11.9 Å². The van der Waals surface area contributed by atoms with E-state index in [1.807, 2.05) is 36.6 Å². The van der Waals surface area contributed by atoms with E-state index in [1.54, 1.807) is 14.2 Å². The molecule has 1 aromatic heterocycles. The predicted molar refractivity (Wildman–Crippen MR) is 117 cm³/mol. The van der Waals surface area contributed by atoms with Crippen LogP contribution in [-0.4, -0.2) is 56.4 Å². The van der Waals surface area contributed by atoms with Gasteiger partial charge < -0.3 is 21.1 Å². The molecule has 0 saturated heterocycles. The SMILES string of the molecule is CCNCCOC.CNc1nc(SC)c(/C(N)=C/C=O)c(-c2ccccc2)n1. The molecule has 0 fully saturated rings. The second-order valence-electron chi connectivity index (χ2n) is 5.50. The molecule has 0 spiro atoms. The Labute approximate surface area is 171 Å². The Morgan fingerprint density at radius 3 is 2.54 bits per heavy atom. The zero-order chi connectivity index (χ0) is 20.8. The van der Waals surface area contributed by atoms with Gasteiger partial charge in [0.15, 0.2) is 0 Å². The number of nitrogens with zero attached hydrogens (tertiary/aromatic N) is 2. The molecule has 0 aliphatic rings. The van der Waals surface area contributed by atoms with Crippen molar-refractivity contribution in [2.24, 2.45) is 5.73 Å². The maximum atomic E-state index is 10.7. The van der Waals surface area contributed by atoms with E-state index in [9.17, 15) is 4.79 Å². The smallest absolute Gasteiger partial charge is 0.224 e. The summed E-state index contributed by atoms with van der Waals surface area (Å²) in [6.45, 7) is 4.89. The Kier molecular flexibility index (Phi) is 11.6. The number of hydrogen-bond acceptors (Lipinski definition) is 8. The third kappa shape index (κ3) is 7.30. The molecular weight excluding hydrogens is 374 g/mol. The van der Waals surface area contributed by atoms with Gasteiger partial charge in [-0.2, -0.15) is 0 Å². The number of ether oxygens (including phenoxy) is 1. The van der Waals surface area contributed by atoms with Gasteiger partial charge in [-0.15, -0.1) is 11.8 Å². The zero-order valence-electron chi connectivity index (χ0n) is 16.9. The first-order chi connectivity index (χ1) is 13.6. The van der Waals surface area contributed by atoms with Crippen LogP contribution in [-0.2, 0) is 9.53 Å². The summed E-state index contributed by atoms with van der Waals surface area (Å²) >= 11 is 1.46. The number of nitrogens with one attached hydrogen (secondary N) is 2. The molecule has 0 aliphatic heterocycles. The van der Waals surface area contributed by atoms with E-state index in [4.69, 9.17) is 10.5 Å². The summed E-state index contributed by atoms with van der Waals surface area (Å²) in [5.74, 6) is 0.515. The van der Waals surface area contributed by atoms with Gasteiger partial charge in [-0.05, 0) is 12.8 Å². The second-order valence-corrected chi connectivity index (χ2v) is 6.30. The van der Waals surface area contributed by atoms with Gasteiger partial charge in [0.25, 0.3) is 0 Å². The minimum Gasteiger partial charge on any atom is -0.398 e. The molecule has 0 bridgehead atoms. The van der Waals surface area contributed by atoms with Crippen molar-refractivity contribution in [3.05, 3.63) is 42.0 Å². The number of allylic oxidation sites excluding steroid dienone is 1. The van der Waals surface area contributed by atoms with Crippen LogP contribution in [0.3, 0.4) is 0 Å². The first kappa shape index (κ1) is 23.6. The molecule has 1 aromatic carbocycles. The monoisotopic (exact) mass is 403 g/mol. The Morgan fingerprint density at radius 2 is 2.00 bits per heavy atom. The fraction of sp³-hybridized carbons (Fsp3) is 0.350. The molecule has 4 N–H and O–H groups in total. The van der Waals surface area contributed by atoms with Crippen LogP contribution in [0.2, 0.25) is 0 Å². The number of aldehydes is 1. The number of nitrogens with two attached hydrogens (primary N) is 1. The summed E-state index contributed by atoms with van der Waals surface area (Å²) in [5, 5.41) is 6.79. The molecule has 0 saturated carbocycles. The lowest BCUT2D eigenvalue weighted by atomic mass is 10.0. The van der Waals surface area contributed by atoms with E-state index in [-0.39, 0.29) is 0 Å². The summed E-state index contributed by atoms with van der Waals surface area (Å²) < 4.78 is 4.78. The molecule has 2 rings (SSSR count). The van der Waals surface area contributed by atoms with Crippen LogP contribution in [0.25, 0.3) is 17.0 Å². The molecule has 0 atom stereocenters. The van der Waals surface area contributed by atoms with Crippen molar-refractivity contribution in [1.82, 2.24) is 15.3 Å². The highest BCUT2D eigenvalue weighted by atomic mass is 32.2. The van der Waals surface area contributed by atoms with Gasteiger partial charge >= 0.3 is 0 Å². The average molecular weight is 404 g/mol. The van der Waals surface area contributed by atoms with E-state index in [1.165, 1.54) is 17.8 Å². The third-order valence-corrected chi connectivity index (χ3v) is 4.29. The minimum atomic E-state index is 0.357. The number of hydrogen-bond donors (Lipinski definition) is 3. The molecule has 8 heteroatoms. The van der Waals surface area contributed by atoms with Gasteiger partial charge in [-0.25, -0.2) is 9.97 Å². The van der Waals surface area contributed by atoms with Gasteiger partial charge in [-0.1, -0.05) is 37.3 Å². The zero-order valence-corrected chi connectivity index (χ0v) is 17.7. The summed E-state index contributed by atoms with van der Waals surface area (Å²) in [6.07, 6.45) is 3.90. The maximum Gasteiger partial charge on any atom is 0.224 e. The number of carbonyl (C=O) groups is 1. The number of aromatic nitrogens is 2. The van der Waals surface area contributed by atoms with Crippen molar-refractivity contribution < 1.29 is 9.53 Å². The highest BCUT2D eigenvalue weighted by molar-refractivity contribution is 7.98. The van der Waals surface area contributed by atoms with Crippen LogP contribution in [0.1, 0.15) is 12.5 Å². The van der Waals surface area contributed by atoms with Crippen molar-refractivity contribution in [1.29, 1.82) is 0 Å². The van der Waals surface area contributed by atoms with Gasteiger partial charge in [0, 0.05) is 38.0 Å². The topological polar surface area (TPSA) is 102 Å². The van der Waals surface area contributed by atoms with E-state index >= 15 is 0 Å². The molecule has 152 valence electrons. The van der Waals surface area contributed by atoms with Gasteiger partial charge in [0.05, 0.1) is 17.9 Å². The molecule has 2 aromatic rings. The Hall–Kier alpha value is -2.42. The first-order valence-corrected chi connectivity index (χ1v) is 10.1. The van der Waals surface area contributed by atoms with Crippen LogP contribution in [0.4, 0.5) is 5.95 Å². The van der Waals surface area contributed by atoms with Gasteiger partial charge in [0.2, 0.25) is 5.95 Å². The molecule has 1 heterocycles. The quantitative estimate of drug-likeness (QED) is 0.193. The third-order valence-electron chi connectivity index (χ3n) is 3.61. The Bertz CT molecular complexity index is 750. The maximum absolute atomic E-state index is 10.7. The Balaban J connectivity index is 0.000000480. The standard InChI is InChI=1S/C15H16N4OS.C5H13NO/c1-17-15-18-13(10-6-4-3-5-7-10)12(11(16)8-9-20)14(19-15)21-2;1-3-6-4-5-7-2/h3-9H,16H2,1-2H3,(H,17,18,19);6H,3-5H2,1-2H3/b11-8-;. The van der Waals surface area contributed by atoms with Crippen LogP contribution in [0.5, 0.6) is 0 Å². The van der Waals surface area contributed by atoms with Crippen molar-refractivity contribution in [2.75, 3.05) is 45.4 Å². The van der Waals surface area contributed by atoms with Gasteiger partial charge in [-0.3, -0.25) is 4.79 Å². The minimum absolute atomic E-state index is 0.357. The number of likely N-dealkylation sites (N-methyl/N-ethyl adjacent to an activating group) is 1. The molecule has 0 aliphatic carbocycles. The Morgan fingerprint density at radius 1 is 1.29 bits per heavy atom. The largest absolute Gasteiger partial charge is 0.398 e. The van der Waals surface area contributed by atoms with E-state index < -0.39 is 0 Å². The fourth-order valence-corrected chi connectivity index (χ4v) is 2.87. The summed E-state index contributed by atoms with van der Waals surface area (Å²) in [4.78, 5) is 19.6. The van der Waals surface area contributed by atoms with E-state index in [0.29, 0.717) is 29.2 Å². The summed E-state index contributed by atoms with van der Waals surface area (Å²) in [6, 6.07) is 9.69. The molecule has 0 radical (unpaired) electrons. The average Bonchev–Trinajstić information content (AvgIpc) is 2.74. The highest BCUT2D eigenvalue weighted by Crippen LogP contribution is 2.32. The first-order valence-electron chi connectivity index (χ1n) is 8.93. The number of thioether (sulfide) groups is 1. The normalized spacial score (nSPS) is 10.8.